The molecule has 0 heterocycles. The molecule has 4 saturated carbocycles. The van der Waals surface area contributed by atoms with E-state index in [0.29, 0.717) is 36.5 Å². The molecule has 9 nitrogen and oxygen atoms in total. The summed E-state index contributed by atoms with van der Waals surface area (Å²) in [5.41, 5.74) is 1.14. The van der Waals surface area contributed by atoms with Crippen LogP contribution in [0.5, 0.6) is 0 Å². The largest absolute Gasteiger partial charge is 0.397 e. The van der Waals surface area contributed by atoms with Gasteiger partial charge in [-0.2, -0.15) is 16.8 Å². The second-order valence-electron chi connectivity index (χ2n) is 13.3. The molecule has 0 radical (unpaired) electrons. The smallest absolute Gasteiger partial charge is 0.390 e. The molecule has 0 aromatic carbocycles. The third kappa shape index (κ3) is 6.34. The summed E-state index contributed by atoms with van der Waals surface area (Å²) >= 11 is 0. The Balaban J connectivity index is 1.52. The Morgan fingerprint density at radius 1 is 0.974 bits per heavy atom. The van der Waals surface area contributed by atoms with E-state index in [9.17, 15) is 31.0 Å². The normalized spacial score (nSPS) is 42.0. The molecule has 0 spiro atoms. The van der Waals surface area contributed by atoms with Crippen molar-refractivity contribution in [1.29, 1.82) is 0 Å². The molecular weight excluding hydrogens is 532 g/mol. The first-order valence-corrected chi connectivity index (χ1v) is 16.9. The second kappa shape index (κ2) is 11.0. The Labute approximate surface area is 228 Å². The lowest BCUT2D eigenvalue weighted by atomic mass is 9.44. The Morgan fingerprint density at radius 2 is 1.66 bits per heavy atom. The van der Waals surface area contributed by atoms with E-state index in [1.807, 2.05) is 13.8 Å². The fourth-order valence-electron chi connectivity index (χ4n) is 9.49. The molecule has 3 N–H and O–H groups in total. The lowest BCUT2D eigenvalue weighted by molar-refractivity contribution is -0.157. The van der Waals surface area contributed by atoms with E-state index < -0.39 is 33.0 Å². The highest BCUT2D eigenvalue weighted by atomic mass is 32.3. The van der Waals surface area contributed by atoms with Crippen LogP contribution >= 0.6 is 0 Å². The Morgan fingerprint density at radius 3 is 2.29 bits per heavy atom. The van der Waals surface area contributed by atoms with Gasteiger partial charge in [0.2, 0.25) is 0 Å². The van der Waals surface area contributed by atoms with E-state index in [1.54, 1.807) is 0 Å². The van der Waals surface area contributed by atoms with Crippen LogP contribution in [0.2, 0.25) is 0 Å². The Kier molecular flexibility index (Phi) is 8.82. The summed E-state index contributed by atoms with van der Waals surface area (Å²) in [4.78, 5) is 0. The molecule has 0 saturated heterocycles. The number of aliphatic hydroxyl groups excluding tert-OH is 1. The average Bonchev–Trinajstić information content (AvgIpc) is 3.12. The zero-order chi connectivity index (χ0) is 28.1. The van der Waals surface area contributed by atoms with Gasteiger partial charge in [0.25, 0.3) is 0 Å². The van der Waals surface area contributed by atoms with Gasteiger partial charge in [-0.15, -0.1) is 0 Å². The summed E-state index contributed by atoms with van der Waals surface area (Å²) in [6.07, 6.45) is 8.92. The Hall–Kier alpha value is -0.560. The van der Waals surface area contributed by atoms with E-state index in [1.165, 1.54) is 5.57 Å². The van der Waals surface area contributed by atoms with Crippen LogP contribution in [-0.2, 0) is 29.2 Å². The first-order chi connectivity index (χ1) is 17.5. The van der Waals surface area contributed by atoms with Gasteiger partial charge >= 0.3 is 20.8 Å². The molecule has 4 fully saturated rings. The van der Waals surface area contributed by atoms with Crippen LogP contribution in [0.1, 0.15) is 91.9 Å². The Bertz CT molecular complexity index is 1100. The minimum atomic E-state index is -4.62. The van der Waals surface area contributed by atoms with Crippen LogP contribution in [-0.4, -0.2) is 49.9 Å². The van der Waals surface area contributed by atoms with Gasteiger partial charge in [-0.25, -0.2) is 8.37 Å². The molecule has 0 aromatic rings. The highest BCUT2D eigenvalue weighted by molar-refractivity contribution is 7.81. The van der Waals surface area contributed by atoms with Crippen LogP contribution in [0.15, 0.2) is 11.6 Å². The number of rotatable bonds is 9. The van der Waals surface area contributed by atoms with Crippen LogP contribution in [0.25, 0.3) is 0 Å². The molecule has 38 heavy (non-hydrogen) atoms. The summed E-state index contributed by atoms with van der Waals surface area (Å²) < 4.78 is 73.7. The predicted molar refractivity (Wildman–Crippen MR) is 143 cm³/mol. The number of allylic oxidation sites excluding steroid dienone is 2. The zero-order valence-corrected chi connectivity index (χ0v) is 24.7. The topological polar surface area (TPSA) is 147 Å². The van der Waals surface area contributed by atoms with E-state index >= 15 is 0 Å². The van der Waals surface area contributed by atoms with Crippen molar-refractivity contribution in [3.8, 4) is 0 Å². The van der Waals surface area contributed by atoms with Crippen molar-refractivity contribution in [3.05, 3.63) is 11.6 Å². The first kappa shape index (κ1) is 30.4. The molecule has 220 valence electrons. The van der Waals surface area contributed by atoms with Crippen molar-refractivity contribution in [2.24, 2.45) is 46.3 Å². The van der Waals surface area contributed by atoms with Crippen molar-refractivity contribution < 1.29 is 39.4 Å². The van der Waals surface area contributed by atoms with Crippen LogP contribution in [0.4, 0.5) is 0 Å². The molecule has 0 aliphatic heterocycles. The summed E-state index contributed by atoms with van der Waals surface area (Å²) in [5.74, 6) is 1.95. The molecule has 7 unspecified atom stereocenters. The molecule has 4 aliphatic rings. The maximum absolute atomic E-state index is 11.4. The van der Waals surface area contributed by atoms with Crippen molar-refractivity contribution >= 4 is 20.8 Å². The average molecular weight is 579 g/mol. The van der Waals surface area contributed by atoms with Crippen molar-refractivity contribution in [2.45, 2.75) is 104 Å². The lowest BCUT2D eigenvalue weighted by Crippen LogP contribution is -2.57. The molecule has 0 amide bonds. The minimum Gasteiger partial charge on any atom is -0.390 e. The van der Waals surface area contributed by atoms with Gasteiger partial charge in [-0.1, -0.05) is 25.5 Å². The highest BCUT2D eigenvalue weighted by Gasteiger charge is 2.62. The third-order valence-corrected chi connectivity index (χ3v) is 12.0. The van der Waals surface area contributed by atoms with Gasteiger partial charge < -0.3 is 5.11 Å². The molecule has 0 bridgehead atoms. The fraction of sp³-hybridized carbons (Fsp3) is 0.926. The molecule has 10 atom stereocenters. The predicted octanol–water partition coefficient (Wildman–Crippen LogP) is 4.99. The number of hydrogen-bond donors (Lipinski definition) is 3. The monoisotopic (exact) mass is 578 g/mol. The number of fused-ring (bicyclic) bond motifs is 5. The van der Waals surface area contributed by atoms with Crippen molar-refractivity contribution in [1.82, 2.24) is 0 Å². The summed E-state index contributed by atoms with van der Waals surface area (Å²) in [7, 11) is -9.13. The third-order valence-electron chi connectivity index (χ3n) is 11.1. The fourth-order valence-corrected chi connectivity index (χ4v) is 10.4. The van der Waals surface area contributed by atoms with E-state index in [2.05, 4.69) is 19.9 Å². The van der Waals surface area contributed by atoms with Gasteiger partial charge in [0.15, 0.2) is 0 Å². The molecule has 11 heteroatoms. The van der Waals surface area contributed by atoms with E-state index in [0.717, 1.165) is 51.4 Å². The van der Waals surface area contributed by atoms with Gasteiger partial charge in [-0.05, 0) is 124 Å². The van der Waals surface area contributed by atoms with Crippen LogP contribution in [0.3, 0.4) is 0 Å². The van der Waals surface area contributed by atoms with Crippen molar-refractivity contribution in [2.75, 3.05) is 6.61 Å². The summed E-state index contributed by atoms with van der Waals surface area (Å²) in [6, 6.07) is 0. The quantitative estimate of drug-likeness (QED) is 0.254. The van der Waals surface area contributed by atoms with Gasteiger partial charge in [0.1, 0.15) is 6.10 Å². The number of hydrogen-bond acceptors (Lipinski definition) is 7. The SMILES string of the molecule is CC(C)=CCCC(COS(=O)(=O)O)C1CCC2C3CC[C@H]4C[C@H](OS(=O)(=O)O)[C@@H](O)CC4(C)C3CCC12C. The lowest BCUT2D eigenvalue weighted by Gasteiger charge is -2.62. The van der Waals surface area contributed by atoms with E-state index in [-0.39, 0.29) is 29.3 Å². The minimum absolute atomic E-state index is 0.00234. The zero-order valence-electron chi connectivity index (χ0n) is 23.1. The second-order valence-corrected chi connectivity index (χ2v) is 15.4. The van der Waals surface area contributed by atoms with Crippen molar-refractivity contribution in [3.63, 3.8) is 0 Å². The number of aliphatic hydroxyl groups is 1. The van der Waals surface area contributed by atoms with Gasteiger partial charge in [-0.3, -0.25) is 9.11 Å². The summed E-state index contributed by atoms with van der Waals surface area (Å²) in [5, 5.41) is 10.8. The standard InChI is InChI=1S/C27H46O9S2/c1-17(2)6-5-7-18(16-35-37(29,30)31)21-10-11-22-20-9-8-19-14-25(36-38(32,33)34)24(28)15-27(19,4)23(20)12-13-26(21,22)3/h6,18-25,28H,5,7-16H2,1-4H3,(H,29,30,31)(H,32,33,34)/t18?,19-,20?,21?,22?,23?,24-,25-,26?,27?/m0/s1. The maximum Gasteiger partial charge on any atom is 0.397 e. The maximum atomic E-state index is 11.4. The molecule has 4 rings (SSSR count). The molecule has 4 aliphatic carbocycles. The van der Waals surface area contributed by atoms with Gasteiger partial charge in [0.05, 0.1) is 12.7 Å². The first-order valence-electron chi connectivity index (χ1n) is 14.1. The summed E-state index contributed by atoms with van der Waals surface area (Å²) in [6.45, 7) is 8.71. The van der Waals surface area contributed by atoms with E-state index in [4.69, 9.17) is 8.37 Å². The molecular formula is C27H46O9S2. The van der Waals surface area contributed by atoms with Crippen LogP contribution in [0, 0.1) is 46.3 Å². The van der Waals surface area contributed by atoms with Crippen LogP contribution < -0.4 is 0 Å². The van der Waals surface area contributed by atoms with Gasteiger partial charge in [0, 0.05) is 0 Å². The highest BCUT2D eigenvalue weighted by Crippen LogP contribution is 2.68. The molecule has 0 aromatic heterocycles.